The third-order valence-electron chi connectivity index (χ3n) is 2.48. The highest BCUT2D eigenvalue weighted by Gasteiger charge is 2.07. The third-order valence-corrected chi connectivity index (χ3v) is 2.48. The zero-order chi connectivity index (χ0) is 17.5. The number of hydrogen-bond acceptors (Lipinski definition) is 7. The van der Waals surface area contributed by atoms with Crippen molar-refractivity contribution in [2.24, 2.45) is 0 Å². The molecule has 0 spiro atoms. The normalized spacial score (nSPS) is 10.1. The molecule has 2 N–H and O–H groups in total. The van der Waals surface area contributed by atoms with E-state index < -0.39 is 23.9 Å². The smallest absolute Gasteiger partial charge is 0.306 e. The Morgan fingerprint density at radius 1 is 0.609 bits per heavy atom. The lowest BCUT2D eigenvalue weighted by Crippen LogP contribution is -2.11. The number of esters is 2. The average Bonchev–Trinajstić information content (AvgIpc) is 2.49. The SMILES string of the molecule is O=C(O)CCC(=O)OCCCOCCCOC(=O)CCC(=O)O. The van der Waals surface area contributed by atoms with Crippen LogP contribution in [-0.2, 0) is 33.4 Å². The first-order valence-corrected chi connectivity index (χ1v) is 7.24. The number of ether oxygens (including phenoxy) is 3. The van der Waals surface area contributed by atoms with Crippen LogP contribution < -0.4 is 0 Å². The molecule has 0 aromatic rings. The second kappa shape index (κ2) is 13.5. The van der Waals surface area contributed by atoms with Gasteiger partial charge in [-0.25, -0.2) is 0 Å². The van der Waals surface area contributed by atoms with Gasteiger partial charge in [-0.2, -0.15) is 0 Å². The van der Waals surface area contributed by atoms with Gasteiger partial charge in [-0.15, -0.1) is 0 Å². The third kappa shape index (κ3) is 16.0. The standard InChI is InChI=1S/C14H22O9/c15-11(16)3-5-13(19)22-9-1-7-21-8-2-10-23-14(20)6-4-12(17)18/h1-10H2,(H,15,16)(H,17,18). The van der Waals surface area contributed by atoms with E-state index in [1.165, 1.54) is 0 Å². The predicted octanol–water partition coefficient (Wildman–Crippen LogP) is 0.599. The van der Waals surface area contributed by atoms with Crippen molar-refractivity contribution in [3.8, 4) is 0 Å². The van der Waals surface area contributed by atoms with Gasteiger partial charge in [0.2, 0.25) is 0 Å². The summed E-state index contributed by atoms with van der Waals surface area (Å²) in [6.45, 7) is 1.03. The molecule has 0 aromatic heterocycles. The van der Waals surface area contributed by atoms with Gasteiger partial charge in [-0.1, -0.05) is 0 Å². The van der Waals surface area contributed by atoms with Crippen LogP contribution in [-0.4, -0.2) is 60.5 Å². The quantitative estimate of drug-likeness (QED) is 0.345. The molecule has 0 unspecified atom stereocenters. The van der Waals surface area contributed by atoms with Crippen LogP contribution in [0.2, 0.25) is 0 Å². The molecule has 0 aliphatic rings. The second-order valence-electron chi connectivity index (χ2n) is 4.55. The Morgan fingerprint density at radius 2 is 1.00 bits per heavy atom. The summed E-state index contributed by atoms with van der Waals surface area (Å²) < 4.78 is 14.8. The van der Waals surface area contributed by atoms with Gasteiger partial charge in [-0.05, 0) is 0 Å². The van der Waals surface area contributed by atoms with E-state index in [1.807, 2.05) is 0 Å². The Kier molecular flexibility index (Phi) is 12.2. The van der Waals surface area contributed by atoms with Crippen LogP contribution in [0.1, 0.15) is 38.5 Å². The van der Waals surface area contributed by atoms with Crippen molar-refractivity contribution in [1.82, 2.24) is 0 Å². The van der Waals surface area contributed by atoms with Crippen molar-refractivity contribution >= 4 is 23.9 Å². The molecular weight excluding hydrogens is 312 g/mol. The Bertz CT molecular complexity index is 356. The van der Waals surface area contributed by atoms with Gasteiger partial charge in [0.05, 0.1) is 38.9 Å². The highest BCUT2D eigenvalue weighted by atomic mass is 16.5. The van der Waals surface area contributed by atoms with E-state index >= 15 is 0 Å². The lowest BCUT2D eigenvalue weighted by molar-refractivity contribution is -0.148. The van der Waals surface area contributed by atoms with Crippen molar-refractivity contribution in [1.29, 1.82) is 0 Å². The minimum Gasteiger partial charge on any atom is -0.481 e. The van der Waals surface area contributed by atoms with Crippen LogP contribution in [0.15, 0.2) is 0 Å². The second-order valence-corrected chi connectivity index (χ2v) is 4.55. The molecule has 0 atom stereocenters. The van der Waals surface area contributed by atoms with Crippen LogP contribution in [0.3, 0.4) is 0 Å². The number of carboxylic acids is 2. The van der Waals surface area contributed by atoms with Crippen LogP contribution in [0.4, 0.5) is 0 Å². The van der Waals surface area contributed by atoms with Gasteiger partial charge in [0.25, 0.3) is 0 Å². The van der Waals surface area contributed by atoms with E-state index in [4.69, 9.17) is 24.4 Å². The van der Waals surface area contributed by atoms with E-state index in [0.717, 1.165) is 0 Å². The number of hydrogen-bond donors (Lipinski definition) is 2. The van der Waals surface area contributed by atoms with Gasteiger partial charge in [0, 0.05) is 26.1 Å². The maximum atomic E-state index is 11.1. The number of carbonyl (C=O) groups excluding carboxylic acids is 2. The summed E-state index contributed by atoms with van der Waals surface area (Å²) in [7, 11) is 0. The average molecular weight is 334 g/mol. The molecule has 0 heterocycles. The fraction of sp³-hybridized carbons (Fsp3) is 0.714. The lowest BCUT2D eigenvalue weighted by Gasteiger charge is -2.06. The summed E-state index contributed by atoms with van der Waals surface area (Å²) in [4.78, 5) is 42.6. The summed E-state index contributed by atoms with van der Waals surface area (Å²) in [6.07, 6.45) is 0.169. The molecule has 0 aliphatic carbocycles. The van der Waals surface area contributed by atoms with Crippen molar-refractivity contribution in [3.63, 3.8) is 0 Å². The minimum atomic E-state index is -1.05. The first-order chi connectivity index (χ1) is 10.9. The maximum Gasteiger partial charge on any atom is 0.306 e. The monoisotopic (exact) mass is 334 g/mol. The molecule has 0 saturated carbocycles. The van der Waals surface area contributed by atoms with Crippen molar-refractivity contribution in [2.45, 2.75) is 38.5 Å². The van der Waals surface area contributed by atoms with E-state index in [2.05, 4.69) is 0 Å². The molecule has 132 valence electrons. The Balaban J connectivity index is 3.30. The molecule has 0 radical (unpaired) electrons. The first-order valence-electron chi connectivity index (χ1n) is 7.24. The largest absolute Gasteiger partial charge is 0.481 e. The summed E-state index contributed by atoms with van der Waals surface area (Å²) in [5.74, 6) is -3.20. The summed E-state index contributed by atoms with van der Waals surface area (Å²) in [5.41, 5.74) is 0. The van der Waals surface area contributed by atoms with Gasteiger partial charge < -0.3 is 24.4 Å². The van der Waals surface area contributed by atoms with Crippen molar-refractivity contribution in [2.75, 3.05) is 26.4 Å². The zero-order valence-corrected chi connectivity index (χ0v) is 12.8. The lowest BCUT2D eigenvalue weighted by atomic mass is 10.3. The van der Waals surface area contributed by atoms with Gasteiger partial charge in [-0.3, -0.25) is 19.2 Å². The van der Waals surface area contributed by atoms with E-state index in [0.29, 0.717) is 26.1 Å². The fourth-order valence-corrected chi connectivity index (χ4v) is 1.36. The minimum absolute atomic E-state index is 0.149. The van der Waals surface area contributed by atoms with Gasteiger partial charge in [0.1, 0.15) is 0 Å². The fourth-order valence-electron chi connectivity index (χ4n) is 1.36. The van der Waals surface area contributed by atoms with E-state index in [9.17, 15) is 19.2 Å². The van der Waals surface area contributed by atoms with E-state index in [1.54, 1.807) is 0 Å². The van der Waals surface area contributed by atoms with Crippen LogP contribution in [0.25, 0.3) is 0 Å². The topological polar surface area (TPSA) is 136 Å². The first kappa shape index (κ1) is 20.8. The summed E-state index contributed by atoms with van der Waals surface area (Å²) in [6, 6.07) is 0. The van der Waals surface area contributed by atoms with Gasteiger partial charge in [0.15, 0.2) is 0 Å². The molecule has 0 amide bonds. The van der Waals surface area contributed by atoms with Crippen molar-refractivity contribution < 1.29 is 43.6 Å². The molecule has 0 aromatic carbocycles. The number of carboxylic acid groups (broad SMARTS) is 2. The van der Waals surface area contributed by atoms with E-state index in [-0.39, 0.29) is 38.9 Å². The number of aliphatic carboxylic acids is 2. The molecule has 0 rings (SSSR count). The highest BCUT2D eigenvalue weighted by Crippen LogP contribution is 1.96. The van der Waals surface area contributed by atoms with Crippen LogP contribution in [0.5, 0.6) is 0 Å². The van der Waals surface area contributed by atoms with Crippen LogP contribution in [0, 0.1) is 0 Å². The molecule has 0 bridgehead atoms. The summed E-state index contributed by atoms with van der Waals surface area (Å²) in [5, 5.41) is 16.8. The predicted molar refractivity (Wildman–Crippen MR) is 75.7 cm³/mol. The highest BCUT2D eigenvalue weighted by molar-refractivity contribution is 5.76. The maximum absolute atomic E-state index is 11.1. The molecule has 23 heavy (non-hydrogen) atoms. The molecular formula is C14H22O9. The molecule has 9 heteroatoms. The Morgan fingerprint density at radius 3 is 1.35 bits per heavy atom. The number of carbonyl (C=O) groups is 4. The number of rotatable bonds is 14. The van der Waals surface area contributed by atoms with Crippen LogP contribution >= 0.6 is 0 Å². The Hall–Kier alpha value is -2.16. The van der Waals surface area contributed by atoms with Gasteiger partial charge >= 0.3 is 23.9 Å². The Labute approximate surface area is 133 Å². The molecule has 9 nitrogen and oxygen atoms in total. The molecule has 0 fully saturated rings. The van der Waals surface area contributed by atoms with Crippen molar-refractivity contribution in [3.05, 3.63) is 0 Å². The molecule has 0 saturated heterocycles. The summed E-state index contributed by atoms with van der Waals surface area (Å²) >= 11 is 0. The zero-order valence-electron chi connectivity index (χ0n) is 12.8. The molecule has 0 aliphatic heterocycles.